The summed E-state index contributed by atoms with van der Waals surface area (Å²) in [4.78, 5) is 32.8. The van der Waals surface area contributed by atoms with Crippen molar-refractivity contribution in [3.63, 3.8) is 0 Å². The smallest absolute Gasteiger partial charge is 0.410 e. The Morgan fingerprint density at radius 1 is 1.12 bits per heavy atom. The van der Waals surface area contributed by atoms with E-state index in [-0.39, 0.29) is 10.8 Å². The molecule has 222 valence electrons. The lowest BCUT2D eigenvalue weighted by molar-refractivity contribution is 0.0159. The lowest BCUT2D eigenvalue weighted by atomic mass is 10.00. The molecule has 0 bridgehead atoms. The van der Waals surface area contributed by atoms with Crippen molar-refractivity contribution in [2.45, 2.75) is 64.6 Å². The fourth-order valence-corrected chi connectivity index (χ4v) is 5.74. The van der Waals surface area contributed by atoms with Crippen molar-refractivity contribution in [3.8, 4) is 17.2 Å². The van der Waals surface area contributed by atoms with Crippen LogP contribution in [0.3, 0.4) is 0 Å². The number of aryl methyl sites for hydroxylation is 2. The Bertz CT molecular complexity index is 1840. The minimum atomic E-state index is -3.01. The first-order chi connectivity index (χ1) is 19.6. The third-order valence-electron chi connectivity index (χ3n) is 7.14. The topological polar surface area (TPSA) is 128 Å². The zero-order valence-electron chi connectivity index (χ0n) is 24.6. The summed E-state index contributed by atoms with van der Waals surface area (Å²) in [6.45, 7) is 11.0. The molecule has 1 aliphatic heterocycles. The Kier molecular flexibility index (Phi) is 7.12. The van der Waals surface area contributed by atoms with Crippen LogP contribution in [0.15, 0.2) is 52.7 Å². The summed E-state index contributed by atoms with van der Waals surface area (Å²) in [5, 5.41) is 4.99. The minimum absolute atomic E-state index is 0.115. The lowest BCUT2D eigenvalue weighted by Gasteiger charge is -2.34. The van der Waals surface area contributed by atoms with Crippen molar-refractivity contribution in [2.24, 2.45) is 0 Å². The fourth-order valence-electron chi connectivity index (χ4n) is 5.16. The second kappa shape index (κ2) is 10.2. The number of aromatic nitrogens is 5. The lowest BCUT2D eigenvalue weighted by Crippen LogP contribution is -2.42. The highest BCUT2D eigenvalue weighted by molar-refractivity contribution is 7.91. The van der Waals surface area contributed by atoms with Gasteiger partial charge < -0.3 is 9.64 Å². The number of ether oxygens (including phenoxy) is 1. The SMILES string of the molecule is Cc1cc(-n2nc3c(c2-n2ccn(-c4ccc(S(C)(=N)=O)nc4)c2=O)[C@H](C)N(C(=O)OC(C)(C)C)CC3)cc(C)c1F. The van der Waals surface area contributed by atoms with E-state index in [0.717, 1.165) is 5.69 Å². The van der Waals surface area contributed by atoms with Crippen LogP contribution in [-0.4, -0.2) is 57.5 Å². The molecule has 0 saturated heterocycles. The maximum atomic E-state index is 14.6. The van der Waals surface area contributed by atoms with Gasteiger partial charge in [-0.25, -0.2) is 32.6 Å². The summed E-state index contributed by atoms with van der Waals surface area (Å²) in [6.07, 6.45) is 5.81. The number of hydrogen-bond donors (Lipinski definition) is 1. The number of hydrogen-bond acceptors (Lipinski definition) is 7. The zero-order chi connectivity index (χ0) is 30.7. The van der Waals surface area contributed by atoms with Crippen LogP contribution in [0.2, 0.25) is 0 Å². The summed E-state index contributed by atoms with van der Waals surface area (Å²) in [5.41, 5.74) is 2.14. The highest BCUT2D eigenvalue weighted by atomic mass is 32.2. The van der Waals surface area contributed by atoms with Gasteiger partial charge in [0, 0.05) is 37.2 Å². The average Bonchev–Trinajstić information content (AvgIpc) is 3.46. The zero-order valence-corrected chi connectivity index (χ0v) is 25.5. The summed E-state index contributed by atoms with van der Waals surface area (Å²) >= 11 is 0. The molecule has 4 aromatic rings. The molecule has 1 amide bonds. The van der Waals surface area contributed by atoms with Crippen LogP contribution < -0.4 is 5.69 Å². The number of fused-ring (bicyclic) bond motifs is 1. The highest BCUT2D eigenvalue weighted by Crippen LogP contribution is 2.36. The largest absolute Gasteiger partial charge is 0.444 e. The molecule has 0 radical (unpaired) electrons. The molecule has 1 aliphatic rings. The van der Waals surface area contributed by atoms with Gasteiger partial charge in [0.1, 0.15) is 22.3 Å². The Labute approximate surface area is 243 Å². The third kappa shape index (κ3) is 5.24. The summed E-state index contributed by atoms with van der Waals surface area (Å²) in [7, 11) is -3.01. The molecule has 42 heavy (non-hydrogen) atoms. The average molecular weight is 596 g/mol. The number of imidazole rings is 1. The van der Waals surface area contributed by atoms with Crippen molar-refractivity contribution >= 4 is 15.8 Å². The molecule has 0 saturated carbocycles. The predicted molar refractivity (Wildman–Crippen MR) is 156 cm³/mol. The normalized spacial score (nSPS) is 16.7. The van der Waals surface area contributed by atoms with E-state index in [0.29, 0.717) is 46.8 Å². The quantitative estimate of drug-likeness (QED) is 0.359. The Balaban J connectivity index is 1.69. The number of amides is 1. The van der Waals surface area contributed by atoms with Gasteiger partial charge in [0.25, 0.3) is 0 Å². The predicted octanol–water partition coefficient (Wildman–Crippen LogP) is 4.85. The number of rotatable bonds is 4. The molecule has 1 N–H and O–H groups in total. The molecule has 3 aromatic heterocycles. The van der Waals surface area contributed by atoms with Gasteiger partial charge in [-0.2, -0.15) is 5.10 Å². The molecule has 13 heteroatoms. The first kappa shape index (κ1) is 29.2. The standard InChI is InChI=1S/C29H34FN7O4S/c1-17-14-21(15-18(2)25(17)30)37-26(24-19(3)34(11-10-22(24)33-37)28(39)41-29(4,5)6)36-13-12-35(27(36)38)20-8-9-23(32-16-20)42(7,31)40/h8-9,12-16,19,31H,10-11H2,1-7H3/t19-,42?/m0/s1. The first-order valence-corrected chi connectivity index (χ1v) is 15.4. The molecule has 0 aliphatic carbocycles. The third-order valence-corrected chi connectivity index (χ3v) is 8.18. The second-order valence-electron chi connectivity index (χ2n) is 11.6. The van der Waals surface area contributed by atoms with Crippen molar-refractivity contribution in [2.75, 3.05) is 12.8 Å². The summed E-state index contributed by atoms with van der Waals surface area (Å²) in [5.74, 6) is 0.108. The Hall–Kier alpha value is -4.26. The number of benzene rings is 1. The fraction of sp³-hybridized carbons (Fsp3) is 0.379. The molecule has 0 spiro atoms. The Morgan fingerprint density at radius 2 is 1.76 bits per heavy atom. The van der Waals surface area contributed by atoms with E-state index in [2.05, 4.69) is 4.98 Å². The van der Waals surface area contributed by atoms with Crippen LogP contribution in [0.25, 0.3) is 17.2 Å². The molecule has 4 heterocycles. The second-order valence-corrected chi connectivity index (χ2v) is 13.7. The van der Waals surface area contributed by atoms with Gasteiger partial charge in [-0.15, -0.1) is 0 Å². The van der Waals surface area contributed by atoms with E-state index in [9.17, 15) is 18.2 Å². The Morgan fingerprint density at radius 3 is 2.33 bits per heavy atom. The maximum Gasteiger partial charge on any atom is 0.410 e. The van der Waals surface area contributed by atoms with E-state index >= 15 is 0 Å². The van der Waals surface area contributed by atoms with Gasteiger partial charge in [0.15, 0.2) is 0 Å². The first-order valence-electron chi connectivity index (χ1n) is 13.5. The van der Waals surface area contributed by atoms with Gasteiger partial charge >= 0.3 is 11.8 Å². The van der Waals surface area contributed by atoms with Crippen LogP contribution in [0.1, 0.15) is 56.1 Å². The van der Waals surface area contributed by atoms with E-state index in [1.54, 1.807) is 74.8 Å². The van der Waals surface area contributed by atoms with Crippen LogP contribution in [0.5, 0.6) is 0 Å². The van der Waals surface area contributed by atoms with Gasteiger partial charge in [0.2, 0.25) is 0 Å². The van der Waals surface area contributed by atoms with E-state index in [1.165, 1.54) is 27.7 Å². The molecule has 1 aromatic carbocycles. The van der Waals surface area contributed by atoms with Gasteiger partial charge in [-0.05, 0) is 76.9 Å². The van der Waals surface area contributed by atoms with Crippen molar-refractivity contribution < 1.29 is 18.1 Å². The highest BCUT2D eigenvalue weighted by Gasteiger charge is 2.37. The molecule has 2 atom stereocenters. The van der Waals surface area contributed by atoms with Gasteiger partial charge in [-0.3, -0.25) is 9.13 Å². The van der Waals surface area contributed by atoms with E-state index in [1.807, 2.05) is 6.92 Å². The van der Waals surface area contributed by atoms with E-state index in [4.69, 9.17) is 14.6 Å². The van der Waals surface area contributed by atoms with Crippen molar-refractivity contribution in [1.82, 2.24) is 28.8 Å². The molecular weight excluding hydrogens is 561 g/mol. The number of carbonyl (C=O) groups excluding carboxylic acids is 1. The molecule has 1 unspecified atom stereocenters. The minimum Gasteiger partial charge on any atom is -0.444 e. The van der Waals surface area contributed by atoms with Gasteiger partial charge in [-0.1, -0.05) is 0 Å². The van der Waals surface area contributed by atoms with Gasteiger partial charge in [0.05, 0.1) is 39.0 Å². The molecular formula is C29H34FN7O4S. The molecule has 0 fully saturated rings. The summed E-state index contributed by atoms with van der Waals surface area (Å²) in [6, 6.07) is 5.91. The number of carbonyl (C=O) groups is 1. The van der Waals surface area contributed by atoms with Crippen molar-refractivity contribution in [3.05, 3.63) is 81.5 Å². The van der Waals surface area contributed by atoms with Crippen LogP contribution in [0.4, 0.5) is 9.18 Å². The number of halogens is 1. The van der Waals surface area contributed by atoms with Crippen LogP contribution >= 0.6 is 0 Å². The monoisotopic (exact) mass is 595 g/mol. The van der Waals surface area contributed by atoms with Crippen molar-refractivity contribution in [1.29, 1.82) is 4.78 Å². The summed E-state index contributed by atoms with van der Waals surface area (Å²) < 4.78 is 44.5. The number of nitrogens with one attached hydrogen (secondary N) is 1. The molecule has 5 rings (SSSR count). The molecule has 11 nitrogen and oxygen atoms in total. The van der Waals surface area contributed by atoms with Crippen LogP contribution in [0, 0.1) is 24.4 Å². The van der Waals surface area contributed by atoms with Crippen LogP contribution in [-0.2, 0) is 20.9 Å². The maximum absolute atomic E-state index is 14.6. The van der Waals surface area contributed by atoms with E-state index < -0.39 is 33.2 Å². The number of pyridine rings is 1. The number of nitrogens with zero attached hydrogens (tertiary/aromatic N) is 6.